The van der Waals surface area contributed by atoms with Gasteiger partial charge in [0.1, 0.15) is 0 Å². The Morgan fingerprint density at radius 1 is 0.762 bits per heavy atom. The Labute approximate surface area is 133 Å². The summed E-state index contributed by atoms with van der Waals surface area (Å²) in [6.45, 7) is 0. The fraction of sp³-hybridized carbons (Fsp3) is 0.200. The van der Waals surface area contributed by atoms with Gasteiger partial charge in [0.05, 0.1) is 0 Å². The number of aromatic nitrogens is 4. The second-order valence-corrected chi connectivity index (χ2v) is 3.32. The molecule has 0 saturated carbocycles. The van der Waals surface area contributed by atoms with Crippen molar-refractivity contribution in [1.82, 2.24) is 19.1 Å². The van der Waals surface area contributed by atoms with Crippen molar-refractivity contribution in [3.8, 4) is 0 Å². The monoisotopic (exact) mass is 477 g/mol. The number of aryl methyl sites for hydroxylation is 2. The van der Waals surface area contributed by atoms with Gasteiger partial charge in [-0.3, -0.25) is 19.2 Å². The van der Waals surface area contributed by atoms with Crippen molar-refractivity contribution in [1.29, 1.82) is 0 Å². The van der Waals surface area contributed by atoms with E-state index in [-0.39, 0.29) is 33.4 Å². The van der Waals surface area contributed by atoms with Gasteiger partial charge in [0, 0.05) is 0 Å². The largest absolute Gasteiger partial charge is 4.00 e. The second kappa shape index (κ2) is 10.7. The molecule has 10 nitrogen and oxygen atoms in total. The molecule has 0 aromatic carbocycles. The van der Waals surface area contributed by atoms with Crippen molar-refractivity contribution in [3.63, 3.8) is 0 Å². The Hall–Kier alpha value is -2.03. The Balaban J connectivity index is -0.000000270. The maximum absolute atomic E-state index is 10.5. The fourth-order valence-electron chi connectivity index (χ4n) is 0.899. The SMILES string of the molecule is Cn1ccc(=O)[n-]c1=O.Cn1ccc(=O)[n-]c1=O.[NH2-].[NH2-].[Pt+4]. The van der Waals surface area contributed by atoms with Crippen LogP contribution in [0.2, 0.25) is 0 Å². The molecule has 2 heterocycles. The summed E-state index contributed by atoms with van der Waals surface area (Å²) < 4.78 is 2.47. The molecule has 0 spiro atoms. The van der Waals surface area contributed by atoms with Crippen LogP contribution in [0.15, 0.2) is 43.7 Å². The summed E-state index contributed by atoms with van der Waals surface area (Å²) in [6.07, 6.45) is 2.77. The van der Waals surface area contributed by atoms with Crippen LogP contribution in [-0.4, -0.2) is 9.13 Å². The quantitative estimate of drug-likeness (QED) is 0.463. The molecule has 0 aliphatic rings. The van der Waals surface area contributed by atoms with E-state index in [1.807, 2.05) is 0 Å². The van der Waals surface area contributed by atoms with Gasteiger partial charge in [-0.25, -0.2) is 0 Å². The van der Waals surface area contributed by atoms with Crippen LogP contribution in [-0.2, 0) is 35.2 Å². The van der Waals surface area contributed by atoms with Crippen molar-refractivity contribution in [2.75, 3.05) is 0 Å². The van der Waals surface area contributed by atoms with Crippen LogP contribution in [0.3, 0.4) is 0 Å². The third-order valence-electron chi connectivity index (χ3n) is 1.90. The Bertz CT molecular complexity index is 694. The maximum atomic E-state index is 10.5. The molecule has 0 aliphatic heterocycles. The molecule has 0 aliphatic carbocycles. The number of rotatable bonds is 0. The summed E-state index contributed by atoms with van der Waals surface area (Å²) in [5.41, 5.74) is -2.00. The Morgan fingerprint density at radius 3 is 1.24 bits per heavy atom. The van der Waals surface area contributed by atoms with Crippen LogP contribution in [0.1, 0.15) is 0 Å². The second-order valence-electron chi connectivity index (χ2n) is 3.32. The third kappa shape index (κ3) is 7.98. The molecular formula is C10H14N6O4Pt. The number of hydrogen-bond acceptors (Lipinski definition) is 4. The van der Waals surface area contributed by atoms with E-state index in [1.54, 1.807) is 0 Å². The van der Waals surface area contributed by atoms with Crippen LogP contribution in [0.4, 0.5) is 0 Å². The van der Waals surface area contributed by atoms with E-state index in [4.69, 9.17) is 0 Å². The van der Waals surface area contributed by atoms with E-state index >= 15 is 0 Å². The van der Waals surface area contributed by atoms with Crippen LogP contribution in [0.5, 0.6) is 0 Å². The summed E-state index contributed by atoms with van der Waals surface area (Å²) in [6, 6.07) is 2.48. The van der Waals surface area contributed by atoms with Gasteiger partial charge in [-0.05, 0) is 12.1 Å². The minimum absolute atomic E-state index is 0. The van der Waals surface area contributed by atoms with Gasteiger partial charge in [-0.1, -0.05) is 26.5 Å². The van der Waals surface area contributed by atoms with E-state index in [2.05, 4.69) is 9.97 Å². The first-order valence-electron chi connectivity index (χ1n) is 4.81. The summed E-state index contributed by atoms with van der Waals surface area (Å²) >= 11 is 0. The van der Waals surface area contributed by atoms with E-state index < -0.39 is 22.5 Å². The third-order valence-corrected chi connectivity index (χ3v) is 1.90. The molecule has 118 valence electrons. The van der Waals surface area contributed by atoms with E-state index in [0.717, 1.165) is 0 Å². The van der Waals surface area contributed by atoms with Crippen LogP contribution < -0.4 is 32.5 Å². The van der Waals surface area contributed by atoms with Gasteiger partial charge < -0.3 is 31.4 Å². The molecule has 2 aromatic rings. The molecular weight excluding hydrogens is 463 g/mol. The topological polar surface area (TPSA) is 173 Å². The van der Waals surface area contributed by atoms with Gasteiger partial charge in [-0.15, -0.1) is 0 Å². The molecule has 11 heteroatoms. The van der Waals surface area contributed by atoms with E-state index in [0.29, 0.717) is 0 Å². The van der Waals surface area contributed by atoms with Crippen molar-refractivity contribution in [2.24, 2.45) is 14.1 Å². The van der Waals surface area contributed by atoms with Crippen LogP contribution in [0, 0.1) is 0 Å². The molecule has 2 rings (SSSR count). The first kappa shape index (κ1) is 24.0. The number of nitrogens with two attached hydrogens (primary N) is 2. The summed E-state index contributed by atoms with van der Waals surface area (Å²) in [7, 11) is 3.07. The smallest absolute Gasteiger partial charge is 0.693 e. The van der Waals surface area contributed by atoms with E-state index in [1.165, 1.54) is 47.8 Å². The normalized spacial score (nSPS) is 8.10. The molecule has 2 aromatic heterocycles. The van der Waals surface area contributed by atoms with Gasteiger partial charge in [0.15, 0.2) is 22.5 Å². The molecule has 0 amide bonds. The van der Waals surface area contributed by atoms with Crippen LogP contribution >= 0.6 is 0 Å². The first-order valence-corrected chi connectivity index (χ1v) is 4.81. The molecule has 0 radical (unpaired) electrons. The zero-order chi connectivity index (χ0) is 13.7. The minimum Gasteiger partial charge on any atom is -0.693 e. The fourth-order valence-corrected chi connectivity index (χ4v) is 0.899. The molecule has 0 saturated heterocycles. The summed E-state index contributed by atoms with van der Waals surface area (Å²) in [5, 5.41) is 0. The average Bonchev–Trinajstić information content (AvgIpc) is 2.30. The zero-order valence-electron chi connectivity index (χ0n) is 11.2. The number of nitrogens with zero attached hydrogens (tertiary/aromatic N) is 4. The molecule has 0 atom stereocenters. The van der Waals surface area contributed by atoms with Gasteiger partial charge in [0.25, 0.3) is 0 Å². The minimum atomic E-state index is -0.512. The van der Waals surface area contributed by atoms with Crippen molar-refractivity contribution in [3.05, 3.63) is 78.5 Å². The molecule has 4 N–H and O–H groups in total. The van der Waals surface area contributed by atoms with Gasteiger partial charge in [-0.2, -0.15) is 0 Å². The maximum Gasteiger partial charge on any atom is 4.00 e. The van der Waals surface area contributed by atoms with Gasteiger partial charge in [0.2, 0.25) is 0 Å². The predicted molar refractivity (Wildman–Crippen MR) is 73.1 cm³/mol. The molecule has 21 heavy (non-hydrogen) atoms. The average molecular weight is 477 g/mol. The van der Waals surface area contributed by atoms with Gasteiger partial charge >= 0.3 is 21.1 Å². The van der Waals surface area contributed by atoms with Crippen LogP contribution in [0.25, 0.3) is 12.3 Å². The first-order chi connectivity index (χ1) is 8.40. The molecule has 0 fully saturated rings. The van der Waals surface area contributed by atoms with Crippen molar-refractivity contribution < 1.29 is 21.1 Å². The zero-order valence-corrected chi connectivity index (χ0v) is 13.5. The molecule has 0 bridgehead atoms. The molecule has 0 unspecified atom stereocenters. The predicted octanol–water partition coefficient (Wildman–Crippen LogP) is -1.16. The summed E-state index contributed by atoms with van der Waals surface area (Å²) in [4.78, 5) is 47.9. The van der Waals surface area contributed by atoms with Crippen molar-refractivity contribution in [2.45, 2.75) is 0 Å². The standard InChI is InChI=1S/2C5H6N2O2.2H2N.Pt/c2*1-7-3-2-4(8)6-5(7)9;;;/h2*2-3H,1H3,(H,6,8,9);2*1H2;/q;;2*-1;+4/p-2. The Kier molecular flexibility index (Phi) is 12.3. The number of hydrogen-bond donors (Lipinski definition) is 0. The van der Waals surface area contributed by atoms with E-state index in [9.17, 15) is 19.2 Å². The van der Waals surface area contributed by atoms with Crippen molar-refractivity contribution >= 4 is 0 Å². The Morgan fingerprint density at radius 2 is 1.05 bits per heavy atom. The summed E-state index contributed by atoms with van der Waals surface area (Å²) in [5.74, 6) is 0.